The van der Waals surface area contributed by atoms with Gasteiger partial charge in [0.15, 0.2) is 6.29 Å². The maximum Gasteiger partial charge on any atom is 0.220 e. The summed E-state index contributed by atoms with van der Waals surface area (Å²) in [6.45, 7) is 3.69. The van der Waals surface area contributed by atoms with Crippen LogP contribution < -0.4 is 5.32 Å². The number of rotatable bonds is 31. The fourth-order valence-electron chi connectivity index (χ4n) is 6.09. The molecular weight excluding hydrogens is 610 g/mol. The molecule has 9 nitrogen and oxygen atoms in total. The Hall–Kier alpha value is -1.33. The van der Waals surface area contributed by atoms with Gasteiger partial charge in [0.25, 0.3) is 0 Å². The van der Waals surface area contributed by atoms with Crippen molar-refractivity contribution in [3.05, 3.63) is 24.3 Å². The van der Waals surface area contributed by atoms with Gasteiger partial charge in [-0.2, -0.15) is 0 Å². The van der Waals surface area contributed by atoms with E-state index in [0.29, 0.717) is 6.42 Å². The van der Waals surface area contributed by atoms with Crippen LogP contribution in [0.15, 0.2) is 24.3 Å². The number of hydrogen-bond donors (Lipinski definition) is 6. The number of nitrogens with one attached hydrogen (secondary N) is 1. The van der Waals surface area contributed by atoms with Crippen molar-refractivity contribution < 1.29 is 39.8 Å². The van der Waals surface area contributed by atoms with Crippen molar-refractivity contribution >= 4 is 5.91 Å². The Morgan fingerprint density at radius 2 is 1.21 bits per heavy atom. The number of ether oxygens (including phenoxy) is 2. The van der Waals surface area contributed by atoms with Crippen LogP contribution in [0.1, 0.15) is 162 Å². The second-order valence-electron chi connectivity index (χ2n) is 13.8. The van der Waals surface area contributed by atoms with Gasteiger partial charge in [0.1, 0.15) is 24.4 Å². The number of allylic oxidation sites excluding steroid dienone is 3. The molecule has 0 aromatic carbocycles. The lowest BCUT2D eigenvalue weighted by atomic mass is 9.99. The predicted molar refractivity (Wildman–Crippen MR) is 193 cm³/mol. The first-order valence-electron chi connectivity index (χ1n) is 19.6. The minimum atomic E-state index is -1.57. The zero-order chi connectivity index (χ0) is 35.2. The Labute approximate surface area is 292 Å². The van der Waals surface area contributed by atoms with Crippen LogP contribution in [0.3, 0.4) is 0 Å². The molecule has 1 aliphatic heterocycles. The number of amides is 1. The fourth-order valence-corrected chi connectivity index (χ4v) is 6.09. The first-order chi connectivity index (χ1) is 23.3. The van der Waals surface area contributed by atoms with Crippen LogP contribution in [0.25, 0.3) is 0 Å². The summed E-state index contributed by atoms with van der Waals surface area (Å²) < 4.78 is 11.1. The molecular formula is C39H73NO8. The van der Waals surface area contributed by atoms with E-state index in [9.17, 15) is 30.3 Å². The normalized spacial score (nSPS) is 22.9. The van der Waals surface area contributed by atoms with E-state index in [1.165, 1.54) is 109 Å². The van der Waals surface area contributed by atoms with Gasteiger partial charge in [-0.25, -0.2) is 0 Å². The summed E-state index contributed by atoms with van der Waals surface area (Å²) >= 11 is 0. The second-order valence-corrected chi connectivity index (χ2v) is 13.8. The number of aliphatic hydroxyl groups excluding tert-OH is 5. The molecule has 2 unspecified atom stereocenters. The number of hydrogen-bond acceptors (Lipinski definition) is 8. The first-order valence-corrected chi connectivity index (χ1v) is 19.6. The Kier molecular flexibility index (Phi) is 28.4. The number of aliphatic hydroxyl groups is 5. The molecule has 0 bridgehead atoms. The molecule has 9 heteroatoms. The lowest BCUT2D eigenvalue weighted by molar-refractivity contribution is -0.302. The molecule has 1 heterocycles. The molecule has 1 aliphatic rings. The van der Waals surface area contributed by atoms with Crippen LogP contribution in [0.5, 0.6) is 0 Å². The van der Waals surface area contributed by atoms with Gasteiger partial charge in [-0.15, -0.1) is 0 Å². The van der Waals surface area contributed by atoms with Gasteiger partial charge >= 0.3 is 0 Å². The van der Waals surface area contributed by atoms with Crippen LogP contribution in [0.4, 0.5) is 0 Å². The summed E-state index contributed by atoms with van der Waals surface area (Å²) in [5.74, 6) is -0.196. The van der Waals surface area contributed by atoms with Gasteiger partial charge in [-0.1, -0.05) is 160 Å². The van der Waals surface area contributed by atoms with E-state index >= 15 is 0 Å². The van der Waals surface area contributed by atoms with Crippen molar-refractivity contribution in [1.29, 1.82) is 0 Å². The summed E-state index contributed by atoms with van der Waals surface area (Å²) in [5.41, 5.74) is 0. The van der Waals surface area contributed by atoms with Crippen LogP contribution in [0.2, 0.25) is 0 Å². The molecule has 48 heavy (non-hydrogen) atoms. The predicted octanol–water partition coefficient (Wildman–Crippen LogP) is 6.77. The molecule has 0 aliphatic carbocycles. The Morgan fingerprint density at radius 1 is 0.708 bits per heavy atom. The third-order valence-electron chi connectivity index (χ3n) is 9.33. The minimum Gasteiger partial charge on any atom is -0.394 e. The number of carbonyl (C=O) groups is 1. The lowest BCUT2D eigenvalue weighted by Crippen LogP contribution is -2.60. The van der Waals surface area contributed by atoms with Crippen molar-refractivity contribution in [2.75, 3.05) is 13.2 Å². The van der Waals surface area contributed by atoms with Gasteiger partial charge in [-0.3, -0.25) is 4.79 Å². The third-order valence-corrected chi connectivity index (χ3v) is 9.33. The fraction of sp³-hybridized carbons (Fsp3) is 0.872. The average molecular weight is 684 g/mol. The Bertz CT molecular complexity index is 807. The molecule has 7 atom stereocenters. The van der Waals surface area contributed by atoms with Crippen molar-refractivity contribution in [3.63, 3.8) is 0 Å². The summed E-state index contributed by atoms with van der Waals surface area (Å²) in [4.78, 5) is 12.8. The smallest absolute Gasteiger partial charge is 0.220 e. The molecule has 0 spiro atoms. The van der Waals surface area contributed by atoms with E-state index in [1.807, 2.05) is 6.08 Å². The summed E-state index contributed by atoms with van der Waals surface area (Å²) in [5, 5.41) is 53.8. The van der Waals surface area contributed by atoms with E-state index in [0.717, 1.165) is 32.1 Å². The maximum atomic E-state index is 12.8. The number of carbonyl (C=O) groups excluding carboxylic acids is 1. The summed E-state index contributed by atoms with van der Waals surface area (Å²) in [6.07, 6.45) is 26.6. The van der Waals surface area contributed by atoms with Gasteiger partial charge in [0.05, 0.1) is 25.4 Å². The van der Waals surface area contributed by atoms with E-state index in [1.54, 1.807) is 12.2 Å². The van der Waals surface area contributed by atoms with Crippen molar-refractivity contribution in [3.8, 4) is 0 Å². The second kappa shape index (κ2) is 30.5. The highest BCUT2D eigenvalue weighted by molar-refractivity contribution is 5.76. The molecule has 0 radical (unpaired) electrons. The Morgan fingerprint density at radius 3 is 1.73 bits per heavy atom. The standard InChI is InChI=1S/C39H73NO8/c1-3-5-7-9-11-13-15-16-17-18-19-21-23-25-27-29-35(43)40-32(31-47-39-38(46)37(45)36(44)34(30-41)48-39)33(42)28-26-24-22-20-14-12-10-8-6-4-2/h22,24,26,28,32-34,36-39,41-42,44-46H,3-21,23,25,27,29-31H2,1-2H3,(H,40,43)/b24-22+,28-26+/t32-,33+,34-,36-,37?,38?,39-/m0/s1. The van der Waals surface area contributed by atoms with Crippen LogP contribution in [0, 0.1) is 0 Å². The van der Waals surface area contributed by atoms with Crippen molar-refractivity contribution in [1.82, 2.24) is 5.32 Å². The largest absolute Gasteiger partial charge is 0.394 e. The number of unbranched alkanes of at least 4 members (excludes halogenated alkanes) is 20. The van der Waals surface area contributed by atoms with Crippen molar-refractivity contribution in [2.45, 2.75) is 204 Å². The minimum absolute atomic E-state index is 0.196. The third kappa shape index (κ3) is 21.7. The summed E-state index contributed by atoms with van der Waals surface area (Å²) in [7, 11) is 0. The molecule has 1 saturated heterocycles. The van der Waals surface area contributed by atoms with Crippen molar-refractivity contribution in [2.24, 2.45) is 0 Å². The monoisotopic (exact) mass is 684 g/mol. The first kappa shape index (κ1) is 44.7. The molecule has 0 aromatic rings. The van der Waals surface area contributed by atoms with E-state index < -0.39 is 49.5 Å². The van der Waals surface area contributed by atoms with Gasteiger partial charge < -0.3 is 40.3 Å². The highest BCUT2D eigenvalue weighted by Gasteiger charge is 2.44. The van der Waals surface area contributed by atoms with Gasteiger partial charge in [0, 0.05) is 6.42 Å². The zero-order valence-electron chi connectivity index (χ0n) is 30.5. The van der Waals surface area contributed by atoms with Crippen LogP contribution >= 0.6 is 0 Å². The highest BCUT2D eigenvalue weighted by atomic mass is 16.7. The van der Waals surface area contributed by atoms with E-state index in [4.69, 9.17) is 9.47 Å². The molecule has 1 amide bonds. The molecule has 0 aromatic heterocycles. The topological polar surface area (TPSA) is 149 Å². The van der Waals surface area contributed by atoms with Gasteiger partial charge in [-0.05, 0) is 19.3 Å². The molecule has 0 saturated carbocycles. The average Bonchev–Trinajstić information content (AvgIpc) is 3.08. The SMILES string of the molecule is CCCCCCCC/C=C/C=C/[C@@H](O)[C@H](CO[C@H]1O[C@@H](CO)[C@H](O)C(O)C1O)NC(=O)CCCCCCCCCCCCCCCCC. The Balaban J connectivity index is 2.44. The molecule has 282 valence electrons. The molecule has 1 rings (SSSR count). The van der Waals surface area contributed by atoms with E-state index in [2.05, 4.69) is 25.2 Å². The quantitative estimate of drug-likeness (QED) is 0.0346. The van der Waals surface area contributed by atoms with Crippen LogP contribution in [-0.2, 0) is 14.3 Å². The lowest BCUT2D eigenvalue weighted by Gasteiger charge is -2.40. The zero-order valence-corrected chi connectivity index (χ0v) is 30.5. The highest BCUT2D eigenvalue weighted by Crippen LogP contribution is 2.22. The maximum absolute atomic E-state index is 12.8. The molecule has 1 fully saturated rings. The van der Waals surface area contributed by atoms with Gasteiger partial charge in [0.2, 0.25) is 5.91 Å². The summed E-state index contributed by atoms with van der Waals surface area (Å²) in [6, 6.07) is -0.829. The molecule has 6 N–H and O–H groups in total. The van der Waals surface area contributed by atoms with E-state index in [-0.39, 0.29) is 12.5 Å². The van der Waals surface area contributed by atoms with Crippen LogP contribution in [-0.4, -0.2) is 87.5 Å².